The van der Waals surface area contributed by atoms with E-state index >= 15 is 0 Å². The Balaban J connectivity index is 1.69. The first-order valence-corrected chi connectivity index (χ1v) is 8.05. The van der Waals surface area contributed by atoms with E-state index in [1.54, 1.807) is 29.2 Å². The summed E-state index contributed by atoms with van der Waals surface area (Å²) < 4.78 is 5.11. The fourth-order valence-electron chi connectivity index (χ4n) is 3.01. The standard InChI is InChI=1S/C16H17ClN2O5/c17-10-1-3-11(4-2-10)19-6-5-12(15(19)21)14(20)18-7-8-24-13(9-18)16(22)23/h1-4,12-13H,5-9H2,(H,22,23)/t12-,13+/m0/s1. The summed E-state index contributed by atoms with van der Waals surface area (Å²) in [6.07, 6.45) is -0.623. The summed E-state index contributed by atoms with van der Waals surface area (Å²) in [4.78, 5) is 39.2. The van der Waals surface area contributed by atoms with Gasteiger partial charge in [0.1, 0.15) is 5.92 Å². The van der Waals surface area contributed by atoms with Gasteiger partial charge >= 0.3 is 5.97 Å². The largest absolute Gasteiger partial charge is 0.479 e. The normalized spacial score (nSPS) is 24.3. The molecule has 0 aromatic heterocycles. The summed E-state index contributed by atoms with van der Waals surface area (Å²) in [7, 11) is 0. The molecule has 8 heteroatoms. The minimum atomic E-state index is -1.10. The highest BCUT2D eigenvalue weighted by Crippen LogP contribution is 2.28. The molecule has 3 rings (SSSR count). The highest BCUT2D eigenvalue weighted by Gasteiger charge is 2.41. The van der Waals surface area contributed by atoms with Gasteiger partial charge in [-0.3, -0.25) is 9.59 Å². The van der Waals surface area contributed by atoms with Crippen LogP contribution in [0.2, 0.25) is 5.02 Å². The molecule has 2 aliphatic heterocycles. The second-order valence-electron chi connectivity index (χ2n) is 5.79. The van der Waals surface area contributed by atoms with Crippen molar-refractivity contribution in [1.29, 1.82) is 0 Å². The number of amides is 2. The molecule has 2 amide bonds. The summed E-state index contributed by atoms with van der Waals surface area (Å²) >= 11 is 5.85. The highest BCUT2D eigenvalue weighted by molar-refractivity contribution is 6.30. The molecule has 2 aliphatic rings. The van der Waals surface area contributed by atoms with Crippen LogP contribution in [-0.2, 0) is 19.1 Å². The van der Waals surface area contributed by atoms with Gasteiger partial charge in [-0.15, -0.1) is 0 Å². The lowest BCUT2D eigenvalue weighted by Crippen LogP contribution is -2.51. The first-order chi connectivity index (χ1) is 11.5. The number of rotatable bonds is 3. The average molecular weight is 353 g/mol. The SMILES string of the molecule is O=C(O)[C@H]1CN(C(=O)[C@@H]2CCN(c3ccc(Cl)cc3)C2=O)CCO1. The number of ether oxygens (including phenoxy) is 1. The summed E-state index contributed by atoms with van der Waals surface area (Å²) in [5.41, 5.74) is 0.699. The first kappa shape index (κ1) is 16.7. The molecule has 0 unspecified atom stereocenters. The van der Waals surface area contributed by atoms with Gasteiger partial charge in [0.15, 0.2) is 6.10 Å². The zero-order valence-corrected chi connectivity index (χ0v) is 13.6. The van der Waals surface area contributed by atoms with E-state index in [0.29, 0.717) is 30.2 Å². The second kappa shape index (κ2) is 6.78. The molecular formula is C16H17ClN2O5. The smallest absolute Gasteiger partial charge is 0.334 e. The Hall–Kier alpha value is -2.12. The summed E-state index contributed by atoms with van der Waals surface area (Å²) in [5, 5.41) is 9.59. The Bertz CT molecular complexity index is 663. The number of hydrogen-bond acceptors (Lipinski definition) is 4. The lowest BCUT2D eigenvalue weighted by atomic mass is 10.1. The molecule has 0 spiro atoms. The molecule has 2 saturated heterocycles. The van der Waals surface area contributed by atoms with Gasteiger partial charge in [0.05, 0.1) is 13.2 Å². The zero-order chi connectivity index (χ0) is 17.3. The van der Waals surface area contributed by atoms with Gasteiger partial charge in [0, 0.05) is 23.8 Å². The van der Waals surface area contributed by atoms with Crippen molar-refractivity contribution in [1.82, 2.24) is 4.90 Å². The van der Waals surface area contributed by atoms with Crippen LogP contribution in [-0.4, -0.2) is 60.1 Å². The molecule has 0 aliphatic carbocycles. The van der Waals surface area contributed by atoms with Crippen LogP contribution in [0.1, 0.15) is 6.42 Å². The van der Waals surface area contributed by atoms with E-state index in [9.17, 15) is 14.4 Å². The topological polar surface area (TPSA) is 87.2 Å². The lowest BCUT2D eigenvalue weighted by Gasteiger charge is -2.32. The second-order valence-corrected chi connectivity index (χ2v) is 6.23. The summed E-state index contributed by atoms with van der Waals surface area (Å²) in [6, 6.07) is 6.86. The van der Waals surface area contributed by atoms with Crippen LogP contribution < -0.4 is 4.90 Å². The Morgan fingerprint density at radius 2 is 1.92 bits per heavy atom. The fourth-order valence-corrected chi connectivity index (χ4v) is 3.13. The maximum atomic E-state index is 12.6. The maximum Gasteiger partial charge on any atom is 0.334 e. The number of carbonyl (C=O) groups is 3. The number of carbonyl (C=O) groups excluding carboxylic acids is 2. The summed E-state index contributed by atoms with van der Waals surface area (Å²) in [6.45, 7) is 0.875. The van der Waals surface area contributed by atoms with E-state index in [1.807, 2.05) is 0 Å². The summed E-state index contributed by atoms with van der Waals surface area (Å²) in [5.74, 6) is -2.46. The Morgan fingerprint density at radius 1 is 1.21 bits per heavy atom. The number of carboxylic acids is 1. The number of carboxylic acid groups (broad SMARTS) is 1. The molecule has 1 N–H and O–H groups in total. The average Bonchev–Trinajstić information content (AvgIpc) is 2.96. The first-order valence-electron chi connectivity index (χ1n) is 7.67. The van der Waals surface area contributed by atoms with Crippen molar-refractivity contribution in [2.24, 2.45) is 5.92 Å². The molecule has 0 radical (unpaired) electrons. The van der Waals surface area contributed by atoms with Crippen molar-refractivity contribution in [3.63, 3.8) is 0 Å². The van der Waals surface area contributed by atoms with E-state index in [-0.39, 0.29) is 25.0 Å². The number of anilines is 1. The van der Waals surface area contributed by atoms with E-state index in [0.717, 1.165) is 0 Å². The quantitative estimate of drug-likeness (QED) is 0.820. The van der Waals surface area contributed by atoms with E-state index < -0.39 is 18.0 Å². The Labute approximate surface area is 143 Å². The van der Waals surface area contributed by atoms with Gasteiger partial charge in [-0.05, 0) is 30.7 Å². The van der Waals surface area contributed by atoms with E-state index in [2.05, 4.69) is 0 Å². The fraction of sp³-hybridized carbons (Fsp3) is 0.438. The number of halogens is 1. The molecule has 2 fully saturated rings. The molecule has 2 atom stereocenters. The monoisotopic (exact) mass is 352 g/mol. The van der Waals surface area contributed by atoms with Gasteiger partial charge in [-0.2, -0.15) is 0 Å². The van der Waals surface area contributed by atoms with Crippen molar-refractivity contribution in [2.75, 3.05) is 31.1 Å². The molecule has 0 bridgehead atoms. The van der Waals surface area contributed by atoms with Crippen LogP contribution in [0, 0.1) is 5.92 Å². The number of hydrogen-bond donors (Lipinski definition) is 1. The van der Waals surface area contributed by atoms with Gasteiger partial charge in [0.25, 0.3) is 0 Å². The van der Waals surface area contributed by atoms with Gasteiger partial charge in [0.2, 0.25) is 11.8 Å². The Morgan fingerprint density at radius 3 is 2.58 bits per heavy atom. The van der Waals surface area contributed by atoms with Crippen LogP contribution in [0.5, 0.6) is 0 Å². The van der Waals surface area contributed by atoms with Gasteiger partial charge in [-0.25, -0.2) is 4.79 Å². The van der Waals surface area contributed by atoms with Crippen molar-refractivity contribution in [3.05, 3.63) is 29.3 Å². The van der Waals surface area contributed by atoms with Crippen molar-refractivity contribution in [3.8, 4) is 0 Å². The predicted molar refractivity (Wildman–Crippen MR) is 85.9 cm³/mol. The van der Waals surface area contributed by atoms with Gasteiger partial charge in [-0.1, -0.05) is 11.6 Å². The maximum absolute atomic E-state index is 12.6. The number of nitrogens with zero attached hydrogens (tertiary/aromatic N) is 2. The van der Waals surface area contributed by atoms with Crippen molar-refractivity contribution in [2.45, 2.75) is 12.5 Å². The number of benzene rings is 1. The third-order valence-corrected chi connectivity index (χ3v) is 4.55. The number of morpholine rings is 1. The predicted octanol–water partition coefficient (Wildman–Crippen LogP) is 1.00. The van der Waals surface area contributed by atoms with Crippen molar-refractivity contribution < 1.29 is 24.2 Å². The molecule has 24 heavy (non-hydrogen) atoms. The zero-order valence-electron chi connectivity index (χ0n) is 12.9. The Kier molecular flexibility index (Phi) is 4.73. The van der Waals surface area contributed by atoms with E-state index in [1.165, 1.54) is 4.90 Å². The number of aliphatic carboxylic acids is 1. The van der Waals surface area contributed by atoms with Crippen LogP contribution >= 0.6 is 11.6 Å². The van der Waals surface area contributed by atoms with Crippen LogP contribution in [0.25, 0.3) is 0 Å². The molecule has 1 aromatic rings. The van der Waals surface area contributed by atoms with E-state index in [4.69, 9.17) is 21.4 Å². The van der Waals surface area contributed by atoms with Crippen LogP contribution in [0.4, 0.5) is 5.69 Å². The van der Waals surface area contributed by atoms with Crippen molar-refractivity contribution >= 4 is 35.1 Å². The highest BCUT2D eigenvalue weighted by atomic mass is 35.5. The van der Waals surface area contributed by atoms with Gasteiger partial charge < -0.3 is 19.6 Å². The van der Waals surface area contributed by atoms with Crippen LogP contribution in [0.15, 0.2) is 24.3 Å². The molecular weight excluding hydrogens is 336 g/mol. The third kappa shape index (κ3) is 3.22. The molecule has 0 saturated carbocycles. The molecule has 128 valence electrons. The minimum absolute atomic E-state index is 0.0289. The molecule has 1 aromatic carbocycles. The minimum Gasteiger partial charge on any atom is -0.479 e. The lowest BCUT2D eigenvalue weighted by molar-refractivity contribution is -0.160. The molecule has 7 nitrogen and oxygen atoms in total. The van der Waals surface area contributed by atoms with Crippen LogP contribution in [0.3, 0.4) is 0 Å². The molecule has 2 heterocycles. The third-order valence-electron chi connectivity index (χ3n) is 4.30.